The highest BCUT2D eigenvalue weighted by Crippen LogP contribution is 2.38. The second-order valence-corrected chi connectivity index (χ2v) is 5.97. The van der Waals surface area contributed by atoms with Gasteiger partial charge in [0.2, 0.25) is 11.8 Å². The molecule has 5 nitrogen and oxygen atoms in total. The van der Waals surface area contributed by atoms with Crippen molar-refractivity contribution in [1.29, 1.82) is 0 Å². The summed E-state index contributed by atoms with van der Waals surface area (Å²) >= 11 is 0. The van der Waals surface area contributed by atoms with Gasteiger partial charge in [-0.2, -0.15) is 0 Å². The molecule has 1 heterocycles. The Balaban J connectivity index is 1.85. The maximum Gasteiger partial charge on any atom is 0.221 e. The summed E-state index contributed by atoms with van der Waals surface area (Å²) in [7, 11) is 0. The third kappa shape index (κ3) is 3.60. The lowest BCUT2D eigenvalue weighted by atomic mass is 9.71. The predicted molar refractivity (Wildman–Crippen MR) is 77.0 cm³/mol. The van der Waals surface area contributed by atoms with Crippen LogP contribution in [0.4, 0.5) is 0 Å². The van der Waals surface area contributed by atoms with Gasteiger partial charge in [0.05, 0.1) is 12.2 Å². The average molecular weight is 279 g/mol. The van der Waals surface area contributed by atoms with Crippen LogP contribution in [0.25, 0.3) is 0 Å². The SMILES string of the molecule is Cc1nc(CNC(=O)CC2(CN)CCCCC2)oc1C. The van der Waals surface area contributed by atoms with E-state index < -0.39 is 0 Å². The molecule has 1 saturated carbocycles. The van der Waals surface area contributed by atoms with Crippen molar-refractivity contribution in [1.82, 2.24) is 10.3 Å². The molecule has 0 aliphatic heterocycles. The van der Waals surface area contributed by atoms with Crippen molar-refractivity contribution in [2.24, 2.45) is 11.1 Å². The monoisotopic (exact) mass is 279 g/mol. The molecule has 1 amide bonds. The summed E-state index contributed by atoms with van der Waals surface area (Å²) in [5.74, 6) is 1.42. The number of nitrogens with one attached hydrogen (secondary N) is 1. The van der Waals surface area contributed by atoms with E-state index in [4.69, 9.17) is 10.2 Å². The first kappa shape index (κ1) is 15.0. The fourth-order valence-electron chi connectivity index (χ4n) is 2.95. The Labute approximate surface area is 120 Å². The maximum atomic E-state index is 12.1. The topological polar surface area (TPSA) is 81.2 Å². The minimum absolute atomic E-state index is 0.00472. The van der Waals surface area contributed by atoms with Crippen LogP contribution in [-0.2, 0) is 11.3 Å². The van der Waals surface area contributed by atoms with E-state index in [1.807, 2.05) is 13.8 Å². The normalized spacial score (nSPS) is 17.9. The maximum absolute atomic E-state index is 12.1. The Hall–Kier alpha value is -1.36. The van der Waals surface area contributed by atoms with Gasteiger partial charge in [0.1, 0.15) is 5.76 Å². The molecule has 3 N–H and O–H groups in total. The first-order chi connectivity index (χ1) is 9.54. The standard InChI is InChI=1S/C15H25N3O2/c1-11-12(2)20-14(18-11)9-17-13(19)8-15(10-16)6-4-3-5-7-15/h3-10,16H2,1-2H3,(H,17,19). The number of aryl methyl sites for hydroxylation is 2. The predicted octanol–water partition coefficient (Wildman–Crippen LogP) is 2.21. The number of hydrogen-bond donors (Lipinski definition) is 2. The number of rotatable bonds is 5. The molecule has 112 valence electrons. The third-order valence-electron chi connectivity index (χ3n) is 4.39. The van der Waals surface area contributed by atoms with Crippen LogP contribution >= 0.6 is 0 Å². The zero-order valence-corrected chi connectivity index (χ0v) is 12.5. The summed E-state index contributed by atoms with van der Waals surface area (Å²) in [6, 6.07) is 0. The highest BCUT2D eigenvalue weighted by atomic mass is 16.4. The van der Waals surface area contributed by atoms with Gasteiger partial charge in [0, 0.05) is 6.42 Å². The first-order valence-corrected chi connectivity index (χ1v) is 7.44. The Kier molecular flexibility index (Phi) is 4.81. The largest absolute Gasteiger partial charge is 0.444 e. The van der Waals surface area contributed by atoms with Gasteiger partial charge < -0.3 is 15.5 Å². The van der Waals surface area contributed by atoms with E-state index in [2.05, 4.69) is 10.3 Å². The van der Waals surface area contributed by atoms with Crippen LogP contribution in [-0.4, -0.2) is 17.4 Å². The average Bonchev–Trinajstić information content (AvgIpc) is 2.77. The van der Waals surface area contributed by atoms with Crippen LogP contribution in [0.3, 0.4) is 0 Å². The summed E-state index contributed by atoms with van der Waals surface area (Å²) in [6.07, 6.45) is 6.27. The van der Waals surface area contributed by atoms with Gasteiger partial charge in [0.15, 0.2) is 0 Å². The molecular formula is C15H25N3O2. The van der Waals surface area contributed by atoms with Gasteiger partial charge in [0.25, 0.3) is 0 Å². The van der Waals surface area contributed by atoms with E-state index in [9.17, 15) is 4.79 Å². The third-order valence-corrected chi connectivity index (χ3v) is 4.39. The summed E-state index contributed by atoms with van der Waals surface area (Å²) in [5.41, 5.74) is 6.79. The quantitative estimate of drug-likeness (QED) is 0.866. The van der Waals surface area contributed by atoms with Gasteiger partial charge >= 0.3 is 0 Å². The molecule has 1 aliphatic carbocycles. The Bertz CT molecular complexity index is 442. The summed E-state index contributed by atoms with van der Waals surface area (Å²) in [4.78, 5) is 16.4. The number of carbonyl (C=O) groups is 1. The highest BCUT2D eigenvalue weighted by molar-refractivity contribution is 5.76. The van der Waals surface area contributed by atoms with E-state index in [1.165, 1.54) is 19.3 Å². The summed E-state index contributed by atoms with van der Waals surface area (Å²) in [6.45, 7) is 4.72. The first-order valence-electron chi connectivity index (χ1n) is 7.44. The fourth-order valence-corrected chi connectivity index (χ4v) is 2.95. The van der Waals surface area contributed by atoms with Crippen molar-refractivity contribution in [3.05, 3.63) is 17.3 Å². The molecule has 1 aromatic heterocycles. The van der Waals surface area contributed by atoms with Crippen molar-refractivity contribution in [3.63, 3.8) is 0 Å². The summed E-state index contributed by atoms with van der Waals surface area (Å²) in [5, 5.41) is 2.90. The second-order valence-electron chi connectivity index (χ2n) is 5.97. The molecule has 2 rings (SSSR count). The Morgan fingerprint density at radius 2 is 2.05 bits per heavy atom. The number of carbonyl (C=O) groups excluding carboxylic acids is 1. The Morgan fingerprint density at radius 3 is 2.60 bits per heavy atom. The number of oxazole rings is 1. The zero-order valence-electron chi connectivity index (χ0n) is 12.5. The molecule has 0 unspecified atom stereocenters. The number of aromatic nitrogens is 1. The van der Waals surface area contributed by atoms with Crippen LogP contribution in [0.5, 0.6) is 0 Å². The van der Waals surface area contributed by atoms with Crippen molar-refractivity contribution in [2.75, 3.05) is 6.54 Å². The molecule has 0 bridgehead atoms. The van der Waals surface area contributed by atoms with Crippen LogP contribution in [0.15, 0.2) is 4.42 Å². The van der Waals surface area contributed by atoms with Gasteiger partial charge in [-0.05, 0) is 38.6 Å². The molecule has 0 saturated heterocycles. The number of hydrogen-bond acceptors (Lipinski definition) is 4. The second kappa shape index (κ2) is 6.39. The smallest absolute Gasteiger partial charge is 0.221 e. The molecule has 5 heteroatoms. The molecular weight excluding hydrogens is 254 g/mol. The van der Waals surface area contributed by atoms with E-state index in [0.29, 0.717) is 25.4 Å². The van der Waals surface area contributed by atoms with Crippen LogP contribution < -0.4 is 11.1 Å². The molecule has 1 aromatic rings. The minimum atomic E-state index is 0.00472. The summed E-state index contributed by atoms with van der Waals surface area (Å²) < 4.78 is 5.46. The molecule has 20 heavy (non-hydrogen) atoms. The minimum Gasteiger partial charge on any atom is -0.444 e. The molecule has 0 radical (unpaired) electrons. The Morgan fingerprint density at radius 1 is 1.35 bits per heavy atom. The van der Waals surface area contributed by atoms with E-state index >= 15 is 0 Å². The molecule has 1 aliphatic rings. The van der Waals surface area contributed by atoms with Crippen LogP contribution in [0, 0.1) is 19.3 Å². The number of nitrogens with two attached hydrogens (primary N) is 1. The lowest BCUT2D eigenvalue weighted by Crippen LogP contribution is -2.38. The van der Waals surface area contributed by atoms with Crippen molar-refractivity contribution in [2.45, 2.75) is 58.9 Å². The van der Waals surface area contributed by atoms with Gasteiger partial charge in [-0.3, -0.25) is 4.79 Å². The number of nitrogens with zero attached hydrogens (tertiary/aromatic N) is 1. The van der Waals surface area contributed by atoms with Crippen LogP contribution in [0.1, 0.15) is 55.9 Å². The molecule has 0 atom stereocenters. The van der Waals surface area contributed by atoms with Crippen molar-refractivity contribution < 1.29 is 9.21 Å². The molecule has 1 fully saturated rings. The van der Waals surface area contributed by atoms with Crippen molar-refractivity contribution in [3.8, 4) is 0 Å². The van der Waals surface area contributed by atoms with E-state index in [1.54, 1.807) is 0 Å². The van der Waals surface area contributed by atoms with Crippen LogP contribution in [0.2, 0.25) is 0 Å². The zero-order chi connectivity index (χ0) is 14.6. The lowest BCUT2D eigenvalue weighted by molar-refractivity contribution is -0.124. The van der Waals surface area contributed by atoms with Gasteiger partial charge in [-0.15, -0.1) is 0 Å². The number of amides is 1. The van der Waals surface area contributed by atoms with E-state index in [0.717, 1.165) is 24.3 Å². The van der Waals surface area contributed by atoms with E-state index in [-0.39, 0.29) is 11.3 Å². The van der Waals surface area contributed by atoms with Gasteiger partial charge in [-0.1, -0.05) is 19.3 Å². The molecule has 0 aromatic carbocycles. The lowest BCUT2D eigenvalue weighted by Gasteiger charge is -2.35. The van der Waals surface area contributed by atoms with Crippen molar-refractivity contribution >= 4 is 5.91 Å². The molecule has 0 spiro atoms. The van der Waals surface area contributed by atoms with Gasteiger partial charge in [-0.25, -0.2) is 4.98 Å². The highest BCUT2D eigenvalue weighted by Gasteiger charge is 2.32. The fraction of sp³-hybridized carbons (Fsp3) is 0.733.